The van der Waals surface area contributed by atoms with Crippen LogP contribution in [0.4, 0.5) is 0 Å². The second-order valence-corrected chi connectivity index (χ2v) is 3.75. The molecule has 0 fully saturated rings. The lowest BCUT2D eigenvalue weighted by Gasteiger charge is -2.01. The molecule has 0 aliphatic heterocycles. The largest absolute Gasteiger partial charge is 0.340 e. The Balaban J connectivity index is 2.81. The van der Waals surface area contributed by atoms with E-state index in [9.17, 15) is 0 Å². The molecule has 0 saturated heterocycles. The van der Waals surface area contributed by atoms with E-state index in [2.05, 4.69) is 21.9 Å². The quantitative estimate of drug-likeness (QED) is 0.785. The number of aromatic amines is 1. The molecule has 2 aromatic heterocycles. The molecule has 0 amide bonds. The summed E-state index contributed by atoms with van der Waals surface area (Å²) in [6.45, 7) is 5.94. The molecule has 0 aromatic carbocycles. The maximum Gasteiger partial charge on any atom is 0.178 e. The van der Waals surface area contributed by atoms with Gasteiger partial charge in [0.05, 0.1) is 16.2 Å². The van der Waals surface area contributed by atoms with Gasteiger partial charge < -0.3 is 4.98 Å². The molecule has 0 saturated carbocycles. The SMILES string of the molecule is CCc1nc2nc(C)c(Cl)c(C)c2[nH]1. The highest BCUT2D eigenvalue weighted by Crippen LogP contribution is 2.24. The fraction of sp³-hybridized carbons (Fsp3) is 0.400. The fourth-order valence-electron chi connectivity index (χ4n) is 1.51. The molecule has 0 atom stereocenters. The lowest BCUT2D eigenvalue weighted by Crippen LogP contribution is -1.88. The molecule has 0 unspecified atom stereocenters. The molecule has 2 heterocycles. The molecule has 2 aromatic rings. The summed E-state index contributed by atoms with van der Waals surface area (Å²) in [7, 11) is 0. The van der Waals surface area contributed by atoms with E-state index in [0.29, 0.717) is 0 Å². The highest BCUT2D eigenvalue weighted by atomic mass is 35.5. The van der Waals surface area contributed by atoms with E-state index in [1.807, 2.05) is 13.8 Å². The van der Waals surface area contributed by atoms with Crippen molar-refractivity contribution in [2.75, 3.05) is 0 Å². The van der Waals surface area contributed by atoms with Gasteiger partial charge in [0.2, 0.25) is 0 Å². The Kier molecular flexibility index (Phi) is 2.19. The zero-order chi connectivity index (χ0) is 10.3. The van der Waals surface area contributed by atoms with Crippen LogP contribution in [0.2, 0.25) is 5.02 Å². The lowest BCUT2D eigenvalue weighted by molar-refractivity contribution is 0.996. The smallest absolute Gasteiger partial charge is 0.178 e. The molecule has 14 heavy (non-hydrogen) atoms. The van der Waals surface area contributed by atoms with Crippen molar-refractivity contribution in [3.63, 3.8) is 0 Å². The van der Waals surface area contributed by atoms with Crippen LogP contribution < -0.4 is 0 Å². The Morgan fingerprint density at radius 1 is 1.29 bits per heavy atom. The van der Waals surface area contributed by atoms with Gasteiger partial charge in [0.1, 0.15) is 5.82 Å². The van der Waals surface area contributed by atoms with Crippen molar-refractivity contribution in [1.82, 2.24) is 15.0 Å². The number of hydrogen-bond acceptors (Lipinski definition) is 2. The predicted octanol–water partition coefficient (Wildman–Crippen LogP) is 2.79. The summed E-state index contributed by atoms with van der Waals surface area (Å²) in [5, 5.41) is 0.726. The van der Waals surface area contributed by atoms with Crippen molar-refractivity contribution in [3.8, 4) is 0 Å². The van der Waals surface area contributed by atoms with Crippen molar-refractivity contribution in [3.05, 3.63) is 22.1 Å². The third-order valence-corrected chi connectivity index (χ3v) is 2.92. The fourth-order valence-corrected chi connectivity index (χ4v) is 1.65. The summed E-state index contributed by atoms with van der Waals surface area (Å²) in [6, 6.07) is 0. The zero-order valence-electron chi connectivity index (χ0n) is 8.48. The molecule has 74 valence electrons. The van der Waals surface area contributed by atoms with Crippen LogP contribution in [0.1, 0.15) is 24.0 Å². The van der Waals surface area contributed by atoms with Gasteiger partial charge in [-0.05, 0) is 19.4 Å². The van der Waals surface area contributed by atoms with Crippen LogP contribution in [-0.2, 0) is 6.42 Å². The van der Waals surface area contributed by atoms with Gasteiger partial charge in [0.15, 0.2) is 5.65 Å². The average molecular weight is 210 g/mol. The molecule has 0 aliphatic carbocycles. The van der Waals surface area contributed by atoms with E-state index in [4.69, 9.17) is 11.6 Å². The predicted molar refractivity (Wildman–Crippen MR) is 57.8 cm³/mol. The maximum atomic E-state index is 6.10. The van der Waals surface area contributed by atoms with Gasteiger partial charge in [0.25, 0.3) is 0 Å². The van der Waals surface area contributed by atoms with Crippen LogP contribution in [0.5, 0.6) is 0 Å². The maximum absolute atomic E-state index is 6.10. The number of pyridine rings is 1. The van der Waals surface area contributed by atoms with Crippen molar-refractivity contribution in [2.24, 2.45) is 0 Å². The third-order valence-electron chi connectivity index (χ3n) is 2.36. The number of H-pyrrole nitrogens is 1. The van der Waals surface area contributed by atoms with Crippen molar-refractivity contribution >= 4 is 22.8 Å². The first-order chi connectivity index (χ1) is 6.63. The van der Waals surface area contributed by atoms with E-state index in [0.717, 1.165) is 39.7 Å². The molecule has 0 bridgehead atoms. The Bertz CT molecular complexity index is 488. The summed E-state index contributed by atoms with van der Waals surface area (Å²) in [4.78, 5) is 11.9. The van der Waals surface area contributed by atoms with Gasteiger partial charge in [-0.15, -0.1) is 0 Å². The summed E-state index contributed by atoms with van der Waals surface area (Å²) in [5.74, 6) is 0.956. The van der Waals surface area contributed by atoms with Gasteiger partial charge in [-0.2, -0.15) is 0 Å². The Morgan fingerprint density at radius 2 is 2.00 bits per heavy atom. The number of aromatic nitrogens is 3. The van der Waals surface area contributed by atoms with Crippen LogP contribution in [0.3, 0.4) is 0 Å². The van der Waals surface area contributed by atoms with Gasteiger partial charge in [-0.3, -0.25) is 0 Å². The summed E-state index contributed by atoms with van der Waals surface area (Å²) < 4.78 is 0. The standard InChI is InChI=1S/C10H12ClN3/c1-4-7-13-9-5(2)8(11)6(3)12-10(9)14-7/h4H2,1-3H3,(H,12,13,14). The number of rotatable bonds is 1. The number of aryl methyl sites for hydroxylation is 3. The van der Waals surface area contributed by atoms with E-state index in [-0.39, 0.29) is 0 Å². The monoisotopic (exact) mass is 209 g/mol. The molecular formula is C10H12ClN3. The van der Waals surface area contributed by atoms with E-state index < -0.39 is 0 Å². The third kappa shape index (κ3) is 1.28. The first kappa shape index (κ1) is 9.46. The normalized spacial score (nSPS) is 11.1. The lowest BCUT2D eigenvalue weighted by atomic mass is 10.2. The first-order valence-corrected chi connectivity index (χ1v) is 5.02. The number of imidazole rings is 1. The summed E-state index contributed by atoms with van der Waals surface area (Å²) in [5.41, 5.74) is 3.59. The van der Waals surface area contributed by atoms with Gasteiger partial charge in [-0.25, -0.2) is 9.97 Å². The topological polar surface area (TPSA) is 41.6 Å². The van der Waals surface area contributed by atoms with E-state index in [1.54, 1.807) is 0 Å². The van der Waals surface area contributed by atoms with Crippen molar-refractivity contribution in [2.45, 2.75) is 27.2 Å². The summed E-state index contributed by atoms with van der Waals surface area (Å²) >= 11 is 6.10. The average Bonchev–Trinajstić information content (AvgIpc) is 2.57. The number of nitrogens with one attached hydrogen (secondary N) is 1. The highest BCUT2D eigenvalue weighted by molar-refractivity contribution is 6.32. The number of hydrogen-bond donors (Lipinski definition) is 1. The van der Waals surface area contributed by atoms with Crippen LogP contribution in [-0.4, -0.2) is 15.0 Å². The highest BCUT2D eigenvalue weighted by Gasteiger charge is 2.10. The minimum absolute atomic E-state index is 0.726. The Morgan fingerprint density at radius 3 is 2.64 bits per heavy atom. The van der Waals surface area contributed by atoms with Crippen LogP contribution in [0.15, 0.2) is 0 Å². The molecule has 0 aliphatic rings. The van der Waals surface area contributed by atoms with Crippen LogP contribution >= 0.6 is 11.6 Å². The van der Waals surface area contributed by atoms with Crippen LogP contribution in [0.25, 0.3) is 11.2 Å². The first-order valence-electron chi connectivity index (χ1n) is 4.64. The molecule has 1 N–H and O–H groups in total. The zero-order valence-corrected chi connectivity index (χ0v) is 9.24. The van der Waals surface area contributed by atoms with E-state index in [1.165, 1.54) is 0 Å². The Labute approximate surface area is 87.5 Å². The molecule has 4 heteroatoms. The van der Waals surface area contributed by atoms with E-state index >= 15 is 0 Å². The molecular weight excluding hydrogens is 198 g/mol. The number of nitrogens with zero attached hydrogens (tertiary/aromatic N) is 2. The molecule has 3 nitrogen and oxygen atoms in total. The van der Waals surface area contributed by atoms with Gasteiger partial charge >= 0.3 is 0 Å². The molecule has 0 radical (unpaired) electrons. The second kappa shape index (κ2) is 3.24. The molecule has 2 rings (SSSR count). The second-order valence-electron chi connectivity index (χ2n) is 3.37. The van der Waals surface area contributed by atoms with Crippen molar-refractivity contribution < 1.29 is 0 Å². The minimum Gasteiger partial charge on any atom is -0.340 e. The number of fused-ring (bicyclic) bond motifs is 1. The van der Waals surface area contributed by atoms with Gasteiger partial charge in [-0.1, -0.05) is 18.5 Å². The van der Waals surface area contributed by atoms with Gasteiger partial charge in [0, 0.05) is 6.42 Å². The summed E-state index contributed by atoms with van der Waals surface area (Å²) in [6.07, 6.45) is 0.881. The van der Waals surface area contributed by atoms with Crippen molar-refractivity contribution in [1.29, 1.82) is 0 Å². The Hall–Kier alpha value is -1.09. The molecule has 0 spiro atoms. The van der Waals surface area contributed by atoms with Crippen LogP contribution in [0, 0.1) is 13.8 Å². The minimum atomic E-state index is 0.726. The number of halogens is 1.